The van der Waals surface area contributed by atoms with Gasteiger partial charge in [-0.05, 0) is 12.5 Å². The van der Waals surface area contributed by atoms with Crippen LogP contribution in [0, 0.1) is 23.0 Å². The Hall–Kier alpha value is -2.44. The number of hydrogen-bond donors (Lipinski definition) is 0. The molecule has 0 aliphatic carbocycles. The van der Waals surface area contributed by atoms with Crippen molar-refractivity contribution in [2.24, 2.45) is 5.92 Å². The summed E-state index contributed by atoms with van der Waals surface area (Å²) in [6, 6.07) is 6.87. The van der Waals surface area contributed by atoms with Crippen molar-refractivity contribution in [1.82, 2.24) is 0 Å². The summed E-state index contributed by atoms with van der Waals surface area (Å²) in [4.78, 5) is 34.0. The molecule has 0 spiro atoms. The number of nitro groups is 1. The number of aryl methyl sites for hydroxylation is 1. The summed E-state index contributed by atoms with van der Waals surface area (Å²) in [5.74, 6) is -4.02. The second kappa shape index (κ2) is 7.37. The predicted octanol–water partition coefficient (Wildman–Crippen LogP) is 1.32. The van der Waals surface area contributed by atoms with Gasteiger partial charge in [-0.2, -0.15) is 0 Å². The van der Waals surface area contributed by atoms with Crippen molar-refractivity contribution >= 4 is 11.9 Å². The minimum Gasteiger partial charge on any atom is -0.468 e. The molecule has 1 rings (SSSR count). The lowest BCUT2D eigenvalue weighted by Crippen LogP contribution is -2.35. The molecule has 7 nitrogen and oxygen atoms in total. The maximum atomic E-state index is 11.8. The monoisotopic (exact) mass is 295 g/mol. The van der Waals surface area contributed by atoms with Crippen LogP contribution in [0.2, 0.25) is 0 Å². The molecule has 1 aromatic carbocycles. The normalized spacial score (nSPS) is 11.8. The average molecular weight is 295 g/mol. The molecule has 0 heterocycles. The molecule has 0 saturated heterocycles. The number of benzene rings is 1. The number of rotatable bonds is 6. The van der Waals surface area contributed by atoms with E-state index in [2.05, 4.69) is 9.47 Å². The Balaban J connectivity index is 3.29. The summed E-state index contributed by atoms with van der Waals surface area (Å²) in [7, 11) is 2.25. The van der Waals surface area contributed by atoms with Crippen LogP contribution in [0.15, 0.2) is 24.3 Å². The maximum absolute atomic E-state index is 11.8. The van der Waals surface area contributed by atoms with E-state index in [-0.39, 0.29) is 0 Å². The molecule has 114 valence electrons. The SMILES string of the molecule is COC(=O)C(C(=O)OC)[C@H](C[N+](=O)[O-])c1cccc(C)c1. The van der Waals surface area contributed by atoms with Gasteiger partial charge >= 0.3 is 11.9 Å². The molecular formula is C14H17NO6. The number of methoxy groups -OCH3 is 2. The maximum Gasteiger partial charge on any atom is 0.320 e. The van der Waals surface area contributed by atoms with Crippen LogP contribution in [0.3, 0.4) is 0 Å². The molecule has 0 aliphatic rings. The summed E-state index contributed by atoms with van der Waals surface area (Å²) in [5.41, 5.74) is 1.39. The molecule has 0 aliphatic heterocycles. The van der Waals surface area contributed by atoms with Gasteiger partial charge in [-0.1, -0.05) is 29.8 Å². The van der Waals surface area contributed by atoms with E-state index in [0.717, 1.165) is 19.8 Å². The highest BCUT2D eigenvalue weighted by Gasteiger charge is 2.40. The first kappa shape index (κ1) is 16.6. The Kier molecular flexibility index (Phi) is 5.83. The van der Waals surface area contributed by atoms with Crippen LogP contribution < -0.4 is 0 Å². The second-order valence-corrected chi connectivity index (χ2v) is 4.56. The minimum atomic E-state index is -1.37. The van der Waals surface area contributed by atoms with E-state index < -0.39 is 35.2 Å². The third-order valence-corrected chi connectivity index (χ3v) is 3.13. The van der Waals surface area contributed by atoms with Gasteiger partial charge in [0, 0.05) is 4.92 Å². The second-order valence-electron chi connectivity index (χ2n) is 4.56. The molecule has 0 bridgehead atoms. The van der Waals surface area contributed by atoms with Crippen LogP contribution >= 0.6 is 0 Å². The molecule has 0 amide bonds. The number of hydrogen-bond acceptors (Lipinski definition) is 6. The number of carbonyl (C=O) groups is 2. The van der Waals surface area contributed by atoms with Crippen LogP contribution in [0.25, 0.3) is 0 Å². The zero-order valence-electron chi connectivity index (χ0n) is 12.1. The predicted molar refractivity (Wildman–Crippen MR) is 73.3 cm³/mol. The molecule has 0 N–H and O–H groups in total. The van der Waals surface area contributed by atoms with Crippen molar-refractivity contribution < 1.29 is 24.0 Å². The first-order valence-electron chi connectivity index (χ1n) is 6.24. The largest absolute Gasteiger partial charge is 0.468 e. The van der Waals surface area contributed by atoms with Gasteiger partial charge < -0.3 is 9.47 Å². The van der Waals surface area contributed by atoms with Gasteiger partial charge in [0.25, 0.3) is 0 Å². The van der Waals surface area contributed by atoms with Gasteiger partial charge in [0.2, 0.25) is 6.54 Å². The summed E-state index contributed by atoms with van der Waals surface area (Å²) in [6.07, 6.45) is 0. The van der Waals surface area contributed by atoms with Crippen molar-refractivity contribution in [2.45, 2.75) is 12.8 Å². The lowest BCUT2D eigenvalue weighted by molar-refractivity contribution is -0.484. The van der Waals surface area contributed by atoms with E-state index in [1.165, 1.54) is 0 Å². The average Bonchev–Trinajstić information content (AvgIpc) is 2.45. The molecule has 7 heteroatoms. The molecule has 1 atom stereocenters. The van der Waals surface area contributed by atoms with Gasteiger partial charge in [0.15, 0.2) is 5.92 Å². The van der Waals surface area contributed by atoms with Gasteiger partial charge in [-0.3, -0.25) is 19.7 Å². The van der Waals surface area contributed by atoms with E-state index in [9.17, 15) is 19.7 Å². The topological polar surface area (TPSA) is 95.7 Å². The fraction of sp³-hybridized carbons (Fsp3) is 0.429. The molecule has 0 fully saturated rings. The van der Waals surface area contributed by atoms with E-state index in [1.54, 1.807) is 18.2 Å². The molecule has 0 radical (unpaired) electrons. The molecule has 0 aromatic heterocycles. The van der Waals surface area contributed by atoms with Gasteiger partial charge in [-0.15, -0.1) is 0 Å². The smallest absolute Gasteiger partial charge is 0.320 e. The van der Waals surface area contributed by atoms with Crippen LogP contribution in [0.5, 0.6) is 0 Å². The lowest BCUT2D eigenvalue weighted by atomic mass is 9.85. The highest BCUT2D eigenvalue weighted by molar-refractivity contribution is 5.96. The summed E-state index contributed by atoms with van der Waals surface area (Å²) >= 11 is 0. The first-order chi connectivity index (χ1) is 9.90. The highest BCUT2D eigenvalue weighted by Crippen LogP contribution is 2.28. The van der Waals surface area contributed by atoms with Crippen LogP contribution in [0.4, 0.5) is 0 Å². The van der Waals surface area contributed by atoms with E-state index in [0.29, 0.717) is 5.56 Å². The Morgan fingerprint density at radius 3 is 2.24 bits per heavy atom. The molecule has 0 saturated carbocycles. The van der Waals surface area contributed by atoms with Crippen LogP contribution in [0.1, 0.15) is 17.0 Å². The molecule has 21 heavy (non-hydrogen) atoms. The summed E-state index contributed by atoms with van der Waals surface area (Å²) < 4.78 is 9.17. The Bertz CT molecular complexity index is 526. The molecule has 1 aromatic rings. The van der Waals surface area contributed by atoms with Crippen LogP contribution in [-0.2, 0) is 19.1 Å². The van der Waals surface area contributed by atoms with Crippen molar-refractivity contribution in [3.63, 3.8) is 0 Å². The van der Waals surface area contributed by atoms with E-state index in [1.807, 2.05) is 13.0 Å². The Morgan fingerprint density at radius 1 is 1.24 bits per heavy atom. The third kappa shape index (κ3) is 4.27. The number of carbonyl (C=O) groups excluding carboxylic acids is 2. The number of ether oxygens (including phenoxy) is 2. The lowest BCUT2D eigenvalue weighted by Gasteiger charge is -2.20. The number of esters is 2. The highest BCUT2D eigenvalue weighted by atomic mass is 16.6. The van der Waals surface area contributed by atoms with Gasteiger partial charge in [0.05, 0.1) is 20.1 Å². The van der Waals surface area contributed by atoms with Crippen LogP contribution in [-0.4, -0.2) is 37.6 Å². The third-order valence-electron chi connectivity index (χ3n) is 3.13. The zero-order valence-corrected chi connectivity index (χ0v) is 12.1. The van der Waals surface area contributed by atoms with Gasteiger partial charge in [-0.25, -0.2) is 0 Å². The summed E-state index contributed by atoms with van der Waals surface area (Å²) in [6.45, 7) is 1.25. The van der Waals surface area contributed by atoms with Crippen molar-refractivity contribution in [2.75, 3.05) is 20.8 Å². The quantitative estimate of drug-likeness (QED) is 0.340. The van der Waals surface area contributed by atoms with Crippen molar-refractivity contribution in [1.29, 1.82) is 0 Å². The molecule has 0 unspecified atom stereocenters. The minimum absolute atomic E-state index is 0.521. The Labute approximate surface area is 122 Å². The zero-order chi connectivity index (χ0) is 16.0. The van der Waals surface area contributed by atoms with Crippen molar-refractivity contribution in [3.05, 3.63) is 45.5 Å². The standard InChI is InChI=1S/C14H17NO6/c1-9-5-4-6-10(7-9)11(8-15(18)19)12(13(16)20-2)14(17)21-3/h4-7,11-12H,8H2,1-3H3/t11-/m1/s1. The van der Waals surface area contributed by atoms with Crippen molar-refractivity contribution in [3.8, 4) is 0 Å². The molecular weight excluding hydrogens is 278 g/mol. The number of nitrogens with zero attached hydrogens (tertiary/aromatic N) is 1. The first-order valence-corrected chi connectivity index (χ1v) is 6.24. The van der Waals surface area contributed by atoms with Gasteiger partial charge in [0.1, 0.15) is 0 Å². The fourth-order valence-electron chi connectivity index (χ4n) is 2.14. The van der Waals surface area contributed by atoms with E-state index in [4.69, 9.17) is 0 Å². The fourth-order valence-corrected chi connectivity index (χ4v) is 2.14. The Morgan fingerprint density at radius 2 is 1.81 bits per heavy atom. The van der Waals surface area contributed by atoms with E-state index >= 15 is 0 Å². The summed E-state index contributed by atoms with van der Waals surface area (Å²) in [5, 5.41) is 10.9.